The molecule has 3 heterocycles. The Labute approximate surface area is 322 Å². The van der Waals surface area contributed by atoms with E-state index in [0.717, 1.165) is 76.9 Å². The molecule has 0 aliphatic carbocycles. The molecule has 0 radical (unpaired) electrons. The molecule has 0 atom stereocenters. The van der Waals surface area contributed by atoms with Gasteiger partial charge in [-0.25, -0.2) is 19.9 Å². The quantitative estimate of drug-likeness (QED) is 0.166. The van der Waals surface area contributed by atoms with E-state index >= 15 is 0 Å². The minimum Gasteiger partial charge on any atom is -0.264 e. The summed E-state index contributed by atoms with van der Waals surface area (Å²) < 4.78 is 0. The molecule has 0 saturated heterocycles. The van der Waals surface area contributed by atoms with Gasteiger partial charge in [-0.3, -0.25) is 4.98 Å². The van der Waals surface area contributed by atoms with Crippen LogP contribution in [0.25, 0.3) is 111 Å². The molecule has 0 saturated carbocycles. The van der Waals surface area contributed by atoms with Crippen molar-refractivity contribution < 1.29 is 0 Å². The summed E-state index contributed by atoms with van der Waals surface area (Å²) in [6.45, 7) is 0. The maximum Gasteiger partial charge on any atom is 0.164 e. The predicted molar refractivity (Wildman–Crippen MR) is 230 cm³/mol. The Morgan fingerprint density at radius 1 is 0.321 bits per heavy atom. The number of pyridine rings is 2. The van der Waals surface area contributed by atoms with Gasteiger partial charge >= 0.3 is 0 Å². The molecule has 0 spiro atoms. The first-order valence-corrected chi connectivity index (χ1v) is 18.7. The average molecular weight is 714 g/mol. The summed E-state index contributed by atoms with van der Waals surface area (Å²) in [6, 6.07) is 61.4. The van der Waals surface area contributed by atoms with E-state index < -0.39 is 0 Å². The van der Waals surface area contributed by atoms with E-state index in [2.05, 4.69) is 175 Å². The van der Waals surface area contributed by atoms with Gasteiger partial charge in [0.25, 0.3) is 0 Å². The highest BCUT2D eigenvalue weighted by atomic mass is 15.0. The first kappa shape index (κ1) is 31.9. The van der Waals surface area contributed by atoms with Crippen LogP contribution in [0.2, 0.25) is 0 Å². The van der Waals surface area contributed by atoms with Crippen LogP contribution in [0.4, 0.5) is 0 Å². The minimum absolute atomic E-state index is 0.577. The average Bonchev–Trinajstić information content (AvgIpc) is 3.28. The van der Waals surface area contributed by atoms with E-state index in [9.17, 15) is 0 Å². The largest absolute Gasteiger partial charge is 0.264 e. The molecule has 0 amide bonds. The summed E-state index contributed by atoms with van der Waals surface area (Å²) in [6.07, 6.45) is 3.70. The molecular formula is C51H31N5. The van der Waals surface area contributed by atoms with E-state index in [1.54, 1.807) is 6.20 Å². The van der Waals surface area contributed by atoms with Crippen molar-refractivity contribution in [3.63, 3.8) is 0 Å². The van der Waals surface area contributed by atoms with Crippen molar-refractivity contribution >= 4 is 54.0 Å². The third-order valence-electron chi connectivity index (χ3n) is 10.7. The lowest BCUT2D eigenvalue weighted by molar-refractivity contribution is 1.08. The van der Waals surface area contributed by atoms with Gasteiger partial charge in [-0.15, -0.1) is 0 Å². The first-order chi connectivity index (χ1) is 27.7. The second kappa shape index (κ2) is 13.0. The van der Waals surface area contributed by atoms with Crippen LogP contribution >= 0.6 is 0 Å². The van der Waals surface area contributed by atoms with E-state index in [0.29, 0.717) is 17.5 Å². The predicted octanol–water partition coefficient (Wildman–Crippen LogP) is 12.8. The molecular weight excluding hydrogens is 683 g/mol. The highest BCUT2D eigenvalue weighted by molar-refractivity contribution is 6.22. The highest BCUT2D eigenvalue weighted by Gasteiger charge is 2.19. The fourth-order valence-electron chi connectivity index (χ4n) is 8.12. The van der Waals surface area contributed by atoms with E-state index in [4.69, 9.17) is 19.9 Å². The zero-order chi connectivity index (χ0) is 37.0. The fourth-order valence-corrected chi connectivity index (χ4v) is 8.12. The number of hydrogen-bond donors (Lipinski definition) is 0. The van der Waals surface area contributed by atoms with Gasteiger partial charge in [0.1, 0.15) is 0 Å². The molecule has 3 aromatic heterocycles. The summed E-state index contributed by atoms with van der Waals surface area (Å²) in [5.41, 5.74) is 7.54. The van der Waals surface area contributed by atoms with Gasteiger partial charge in [0.05, 0.1) is 11.2 Å². The van der Waals surface area contributed by atoms with Gasteiger partial charge in [0.2, 0.25) is 0 Å². The van der Waals surface area contributed by atoms with E-state index in [1.807, 2.05) is 12.3 Å². The second-order valence-corrected chi connectivity index (χ2v) is 14.1. The molecule has 0 N–H and O–H groups in total. The minimum atomic E-state index is 0.577. The van der Waals surface area contributed by atoms with Gasteiger partial charge in [-0.05, 0) is 68.2 Å². The Morgan fingerprint density at radius 2 is 0.875 bits per heavy atom. The van der Waals surface area contributed by atoms with Crippen molar-refractivity contribution in [2.45, 2.75) is 0 Å². The first-order valence-electron chi connectivity index (χ1n) is 18.7. The second-order valence-electron chi connectivity index (χ2n) is 14.1. The van der Waals surface area contributed by atoms with Gasteiger partial charge in [-0.2, -0.15) is 0 Å². The van der Waals surface area contributed by atoms with Crippen LogP contribution in [0, 0.1) is 0 Å². The van der Waals surface area contributed by atoms with Crippen LogP contribution in [-0.2, 0) is 0 Å². The van der Waals surface area contributed by atoms with Crippen LogP contribution in [0.5, 0.6) is 0 Å². The van der Waals surface area contributed by atoms with Crippen molar-refractivity contribution in [1.82, 2.24) is 24.9 Å². The maximum absolute atomic E-state index is 5.38. The molecule has 0 aliphatic rings. The molecule has 5 nitrogen and oxygen atoms in total. The number of benzene rings is 8. The molecule has 56 heavy (non-hydrogen) atoms. The number of hydrogen-bond acceptors (Lipinski definition) is 5. The third-order valence-corrected chi connectivity index (χ3v) is 10.7. The molecule has 0 bridgehead atoms. The Morgan fingerprint density at radius 3 is 1.55 bits per heavy atom. The van der Waals surface area contributed by atoms with E-state index in [1.165, 1.54) is 16.2 Å². The Bertz CT molecular complexity index is 3200. The van der Waals surface area contributed by atoms with Crippen molar-refractivity contribution in [3.05, 3.63) is 188 Å². The number of fused-ring (bicyclic) bond motifs is 7. The van der Waals surface area contributed by atoms with Gasteiger partial charge in [-0.1, -0.05) is 146 Å². The lowest BCUT2D eigenvalue weighted by atomic mass is 9.93. The standard InChI is InChI=1S/C51H31N5/c1-4-18-39-32(12-1)15-9-22-42(39)50-54-49(55-51(56-50)43-23-10-16-33-13-2-5-19-40(33)43)38-29-36(35-17-11-27-52-31-35)28-37(30-38)48-45-26-25-34-14-3-6-20-41(34)47(45)44-21-7-8-24-46(44)53-48/h1-31H. The van der Waals surface area contributed by atoms with Gasteiger partial charge in [0, 0.05) is 56.4 Å². The number of rotatable bonds is 5. The zero-order valence-electron chi connectivity index (χ0n) is 30.1. The smallest absolute Gasteiger partial charge is 0.164 e. The topological polar surface area (TPSA) is 64.5 Å². The normalized spacial score (nSPS) is 11.6. The highest BCUT2D eigenvalue weighted by Crippen LogP contribution is 2.40. The van der Waals surface area contributed by atoms with Crippen LogP contribution < -0.4 is 0 Å². The summed E-state index contributed by atoms with van der Waals surface area (Å²) in [5.74, 6) is 1.81. The number of aromatic nitrogens is 5. The molecule has 0 unspecified atom stereocenters. The molecule has 0 aliphatic heterocycles. The number of para-hydroxylation sites is 1. The van der Waals surface area contributed by atoms with Crippen molar-refractivity contribution in [1.29, 1.82) is 0 Å². The maximum atomic E-state index is 5.38. The van der Waals surface area contributed by atoms with Gasteiger partial charge in [0.15, 0.2) is 17.5 Å². The van der Waals surface area contributed by atoms with Crippen molar-refractivity contribution in [3.8, 4) is 56.5 Å². The Kier molecular flexibility index (Phi) is 7.42. The Hall–Kier alpha value is -7.63. The fraction of sp³-hybridized carbons (Fsp3) is 0. The van der Waals surface area contributed by atoms with E-state index in [-0.39, 0.29) is 0 Å². The molecule has 11 rings (SSSR count). The third kappa shape index (κ3) is 5.37. The number of nitrogens with zero attached hydrogens (tertiary/aromatic N) is 5. The van der Waals surface area contributed by atoms with Crippen LogP contribution in [0.15, 0.2) is 188 Å². The summed E-state index contributed by atoms with van der Waals surface area (Å²) in [7, 11) is 0. The van der Waals surface area contributed by atoms with Crippen LogP contribution in [-0.4, -0.2) is 24.9 Å². The van der Waals surface area contributed by atoms with Gasteiger partial charge < -0.3 is 0 Å². The van der Waals surface area contributed by atoms with Crippen molar-refractivity contribution in [2.24, 2.45) is 0 Å². The summed E-state index contributed by atoms with van der Waals surface area (Å²) in [4.78, 5) is 25.7. The van der Waals surface area contributed by atoms with Crippen LogP contribution in [0.1, 0.15) is 0 Å². The van der Waals surface area contributed by atoms with Crippen molar-refractivity contribution in [2.75, 3.05) is 0 Å². The Balaban J connectivity index is 1.22. The monoisotopic (exact) mass is 713 g/mol. The van der Waals surface area contributed by atoms with Crippen LogP contribution in [0.3, 0.4) is 0 Å². The molecule has 260 valence electrons. The lowest BCUT2D eigenvalue weighted by Gasteiger charge is -2.15. The summed E-state index contributed by atoms with van der Waals surface area (Å²) >= 11 is 0. The molecule has 11 aromatic rings. The zero-order valence-corrected chi connectivity index (χ0v) is 30.1. The molecule has 0 fully saturated rings. The summed E-state index contributed by atoms with van der Waals surface area (Å²) in [5, 5.41) is 10.2. The molecule has 8 aromatic carbocycles. The lowest BCUT2D eigenvalue weighted by Crippen LogP contribution is -2.01. The molecule has 5 heteroatoms. The SMILES string of the molecule is c1cncc(-c2cc(-c3nc(-c4cccc5ccccc45)nc(-c4cccc5ccccc45)n3)cc(-c3nc4ccccc4c4c3ccc3ccccc34)c2)c1.